The Labute approximate surface area is 97.0 Å². The van der Waals surface area contributed by atoms with Gasteiger partial charge in [0.2, 0.25) is 0 Å². The van der Waals surface area contributed by atoms with Gasteiger partial charge >= 0.3 is 0 Å². The zero-order chi connectivity index (χ0) is 11.3. The van der Waals surface area contributed by atoms with Crippen molar-refractivity contribution < 1.29 is 14.9 Å². The Kier molecular flexibility index (Phi) is 4.87. The average Bonchev–Trinajstić information content (AvgIpc) is 2.24. The van der Waals surface area contributed by atoms with E-state index >= 15 is 0 Å². The summed E-state index contributed by atoms with van der Waals surface area (Å²) in [5, 5.41) is 21.3. The second kappa shape index (κ2) is 5.95. The number of phenols is 1. The van der Waals surface area contributed by atoms with Crippen molar-refractivity contribution in [2.45, 2.75) is 6.54 Å². The summed E-state index contributed by atoms with van der Waals surface area (Å²) in [7, 11) is 1.57. The summed E-state index contributed by atoms with van der Waals surface area (Å²) >= 11 is 3.24. The van der Waals surface area contributed by atoms with Crippen molar-refractivity contribution in [1.82, 2.24) is 5.32 Å². The van der Waals surface area contributed by atoms with E-state index in [1.807, 2.05) is 0 Å². The summed E-state index contributed by atoms with van der Waals surface area (Å²) in [6.45, 7) is 1.06. The van der Waals surface area contributed by atoms with E-state index in [1.165, 1.54) is 0 Å². The van der Waals surface area contributed by atoms with E-state index in [1.54, 1.807) is 19.2 Å². The minimum absolute atomic E-state index is 0.0753. The van der Waals surface area contributed by atoms with Gasteiger partial charge in [0.25, 0.3) is 0 Å². The third kappa shape index (κ3) is 3.37. The average molecular weight is 276 g/mol. The van der Waals surface area contributed by atoms with Crippen molar-refractivity contribution in [1.29, 1.82) is 0 Å². The third-order valence-electron chi connectivity index (χ3n) is 1.96. The first kappa shape index (κ1) is 12.3. The molecule has 0 saturated carbocycles. The first-order valence-corrected chi connectivity index (χ1v) is 5.35. The highest BCUT2D eigenvalue weighted by atomic mass is 79.9. The van der Waals surface area contributed by atoms with Crippen LogP contribution in [-0.2, 0) is 6.54 Å². The lowest BCUT2D eigenvalue weighted by Gasteiger charge is -2.09. The van der Waals surface area contributed by atoms with Gasteiger partial charge in [-0.1, -0.05) is 0 Å². The van der Waals surface area contributed by atoms with E-state index in [4.69, 9.17) is 9.84 Å². The molecule has 3 N–H and O–H groups in total. The number of nitrogens with one attached hydrogen (secondary N) is 1. The fourth-order valence-electron chi connectivity index (χ4n) is 1.18. The van der Waals surface area contributed by atoms with Crippen LogP contribution in [0, 0.1) is 0 Å². The number of halogens is 1. The van der Waals surface area contributed by atoms with Crippen LogP contribution in [0.25, 0.3) is 0 Å². The number of ether oxygens (including phenoxy) is 1. The summed E-state index contributed by atoms with van der Waals surface area (Å²) in [6, 6.07) is 3.45. The highest BCUT2D eigenvalue weighted by molar-refractivity contribution is 9.10. The van der Waals surface area contributed by atoms with Crippen molar-refractivity contribution in [3.8, 4) is 11.5 Å². The number of rotatable bonds is 5. The number of aliphatic hydroxyl groups excluding tert-OH is 1. The topological polar surface area (TPSA) is 61.7 Å². The van der Waals surface area contributed by atoms with E-state index < -0.39 is 0 Å². The summed E-state index contributed by atoms with van der Waals surface area (Å²) in [6.07, 6.45) is 0. The lowest BCUT2D eigenvalue weighted by atomic mass is 10.2. The van der Waals surface area contributed by atoms with Crippen molar-refractivity contribution in [2.24, 2.45) is 0 Å². The Balaban J connectivity index is 2.80. The lowest BCUT2D eigenvalue weighted by molar-refractivity contribution is 0.291. The minimum atomic E-state index is 0.0753. The smallest absolute Gasteiger partial charge is 0.134 e. The van der Waals surface area contributed by atoms with Gasteiger partial charge in [-0.2, -0.15) is 0 Å². The number of hydrogen-bond acceptors (Lipinski definition) is 4. The monoisotopic (exact) mass is 275 g/mol. The second-order valence-corrected chi connectivity index (χ2v) is 3.87. The van der Waals surface area contributed by atoms with Gasteiger partial charge in [-0.3, -0.25) is 0 Å². The molecule has 0 aliphatic heterocycles. The van der Waals surface area contributed by atoms with Crippen LogP contribution in [0.5, 0.6) is 11.5 Å². The SMILES string of the molecule is COc1cc(Br)c(O)c(CNCCO)c1. The van der Waals surface area contributed by atoms with Crippen LogP contribution in [0.1, 0.15) is 5.56 Å². The number of hydrogen-bond donors (Lipinski definition) is 3. The molecule has 1 rings (SSSR count). The van der Waals surface area contributed by atoms with Crippen molar-refractivity contribution in [3.63, 3.8) is 0 Å². The predicted molar refractivity (Wildman–Crippen MR) is 61.2 cm³/mol. The summed E-state index contributed by atoms with van der Waals surface area (Å²) in [4.78, 5) is 0. The van der Waals surface area contributed by atoms with Gasteiger partial charge < -0.3 is 20.3 Å². The molecule has 84 valence electrons. The molecule has 0 unspecified atom stereocenters. The molecular formula is C10H14BrNO3. The summed E-state index contributed by atoms with van der Waals surface area (Å²) < 4.78 is 5.68. The third-order valence-corrected chi connectivity index (χ3v) is 2.56. The fourth-order valence-corrected chi connectivity index (χ4v) is 1.66. The molecule has 0 aliphatic rings. The van der Waals surface area contributed by atoms with Crippen LogP contribution in [0.4, 0.5) is 0 Å². The first-order chi connectivity index (χ1) is 7.19. The highest BCUT2D eigenvalue weighted by Crippen LogP contribution is 2.32. The molecule has 0 heterocycles. The molecule has 0 amide bonds. The number of methoxy groups -OCH3 is 1. The number of aliphatic hydroxyl groups is 1. The first-order valence-electron chi connectivity index (χ1n) is 4.56. The molecule has 15 heavy (non-hydrogen) atoms. The Morgan fingerprint density at radius 1 is 1.47 bits per heavy atom. The largest absolute Gasteiger partial charge is 0.506 e. The van der Waals surface area contributed by atoms with Crippen LogP contribution in [-0.4, -0.2) is 30.5 Å². The van der Waals surface area contributed by atoms with Gasteiger partial charge in [0, 0.05) is 18.7 Å². The van der Waals surface area contributed by atoms with Gasteiger partial charge in [-0.25, -0.2) is 0 Å². The predicted octanol–water partition coefficient (Wildman–Crippen LogP) is 1.25. The second-order valence-electron chi connectivity index (χ2n) is 3.02. The van der Waals surface area contributed by atoms with E-state index in [0.29, 0.717) is 23.3 Å². The fraction of sp³-hybridized carbons (Fsp3) is 0.400. The molecule has 0 atom stereocenters. The van der Waals surface area contributed by atoms with Crippen molar-refractivity contribution >= 4 is 15.9 Å². The molecule has 0 bridgehead atoms. The Morgan fingerprint density at radius 2 is 2.20 bits per heavy atom. The van der Waals surface area contributed by atoms with Gasteiger partial charge in [-0.15, -0.1) is 0 Å². The summed E-state index contributed by atoms with van der Waals surface area (Å²) in [5.74, 6) is 0.877. The van der Waals surface area contributed by atoms with E-state index in [0.717, 1.165) is 5.56 Å². The number of phenolic OH excluding ortho intramolecular Hbond substituents is 1. The zero-order valence-corrected chi connectivity index (χ0v) is 10.0. The molecule has 1 aromatic carbocycles. The Hall–Kier alpha value is -0.780. The molecule has 0 aliphatic carbocycles. The van der Waals surface area contributed by atoms with Gasteiger partial charge in [-0.05, 0) is 28.1 Å². The zero-order valence-electron chi connectivity index (χ0n) is 8.46. The van der Waals surface area contributed by atoms with Crippen LogP contribution < -0.4 is 10.1 Å². The van der Waals surface area contributed by atoms with Gasteiger partial charge in [0.1, 0.15) is 11.5 Å². The molecule has 0 radical (unpaired) electrons. The normalized spacial score (nSPS) is 10.3. The maximum absolute atomic E-state index is 9.71. The van der Waals surface area contributed by atoms with Crippen LogP contribution in [0.3, 0.4) is 0 Å². The number of aromatic hydroxyl groups is 1. The molecule has 0 spiro atoms. The van der Waals surface area contributed by atoms with Crippen LogP contribution in [0.2, 0.25) is 0 Å². The molecular weight excluding hydrogens is 262 g/mol. The molecule has 1 aromatic rings. The van der Waals surface area contributed by atoms with E-state index in [-0.39, 0.29) is 12.4 Å². The van der Waals surface area contributed by atoms with E-state index in [2.05, 4.69) is 21.2 Å². The molecule has 5 heteroatoms. The highest BCUT2D eigenvalue weighted by Gasteiger charge is 2.07. The Bertz CT molecular complexity index is 331. The molecule has 0 aromatic heterocycles. The minimum Gasteiger partial charge on any atom is -0.506 e. The van der Waals surface area contributed by atoms with Crippen molar-refractivity contribution in [2.75, 3.05) is 20.3 Å². The maximum Gasteiger partial charge on any atom is 0.134 e. The lowest BCUT2D eigenvalue weighted by Crippen LogP contribution is -2.17. The van der Waals surface area contributed by atoms with Crippen LogP contribution >= 0.6 is 15.9 Å². The maximum atomic E-state index is 9.71. The van der Waals surface area contributed by atoms with E-state index in [9.17, 15) is 5.11 Å². The Morgan fingerprint density at radius 3 is 2.80 bits per heavy atom. The van der Waals surface area contributed by atoms with Gasteiger partial charge in [0.15, 0.2) is 0 Å². The number of benzene rings is 1. The molecule has 0 saturated heterocycles. The quantitative estimate of drug-likeness (QED) is 0.708. The summed E-state index contributed by atoms with van der Waals surface area (Å²) in [5.41, 5.74) is 0.731. The molecule has 4 nitrogen and oxygen atoms in total. The van der Waals surface area contributed by atoms with Crippen molar-refractivity contribution in [3.05, 3.63) is 22.2 Å². The van der Waals surface area contributed by atoms with Gasteiger partial charge in [0.05, 0.1) is 18.2 Å². The van der Waals surface area contributed by atoms with Crippen LogP contribution in [0.15, 0.2) is 16.6 Å². The standard InChI is InChI=1S/C10H14BrNO3/c1-15-8-4-7(6-12-2-3-13)10(14)9(11)5-8/h4-5,12-14H,2-3,6H2,1H3. The molecule has 0 fully saturated rings.